The molecule has 1 aliphatic heterocycles. The number of aromatic nitrogens is 1. The summed E-state index contributed by atoms with van der Waals surface area (Å²) in [5.74, 6) is -0.832. The topological polar surface area (TPSA) is 63.6 Å². The van der Waals surface area contributed by atoms with Crippen LogP contribution in [0.15, 0.2) is 53.7 Å². The van der Waals surface area contributed by atoms with Gasteiger partial charge in [-0.1, -0.05) is 41.6 Å². The molecule has 0 bridgehead atoms. The highest BCUT2D eigenvalue weighted by atomic mass is 19.4. The number of carbonyl (C=O) groups is 1. The van der Waals surface area contributed by atoms with Gasteiger partial charge in [-0.05, 0) is 17.7 Å². The molecule has 1 aromatic carbocycles. The predicted octanol–water partition coefficient (Wildman–Crippen LogP) is 3.56. The first-order valence-corrected chi connectivity index (χ1v) is 7.07. The number of halogens is 3. The molecule has 1 aromatic heterocycles. The number of hydrogen-bond donors (Lipinski definition) is 1. The van der Waals surface area contributed by atoms with Crippen LogP contribution in [0.25, 0.3) is 0 Å². The van der Waals surface area contributed by atoms with Gasteiger partial charge in [0.05, 0.1) is 0 Å². The Morgan fingerprint density at radius 1 is 1.12 bits per heavy atom. The van der Waals surface area contributed by atoms with Crippen molar-refractivity contribution in [2.24, 2.45) is 5.16 Å². The molecule has 2 heterocycles. The Balaban J connectivity index is 1.66. The van der Waals surface area contributed by atoms with E-state index >= 15 is 0 Å². The molecule has 1 aliphatic rings. The van der Waals surface area contributed by atoms with Gasteiger partial charge in [-0.15, -0.1) is 0 Å². The molecule has 1 atom stereocenters. The number of carbonyl (C=O) groups excluding carboxylic acids is 1. The third-order valence-corrected chi connectivity index (χ3v) is 3.38. The van der Waals surface area contributed by atoms with Crippen molar-refractivity contribution in [3.63, 3.8) is 0 Å². The van der Waals surface area contributed by atoms with Crippen LogP contribution in [0.2, 0.25) is 0 Å². The van der Waals surface area contributed by atoms with E-state index in [-0.39, 0.29) is 24.1 Å². The Labute approximate surface area is 135 Å². The van der Waals surface area contributed by atoms with Crippen LogP contribution in [-0.2, 0) is 15.8 Å². The fourth-order valence-corrected chi connectivity index (χ4v) is 2.21. The van der Waals surface area contributed by atoms with Gasteiger partial charge in [0, 0.05) is 6.42 Å². The van der Waals surface area contributed by atoms with E-state index in [2.05, 4.69) is 15.5 Å². The van der Waals surface area contributed by atoms with E-state index in [1.807, 2.05) is 30.3 Å². The molecular formula is C16H12F3N3O2. The van der Waals surface area contributed by atoms with E-state index in [0.717, 1.165) is 11.6 Å². The highest BCUT2D eigenvalue weighted by Crippen LogP contribution is 2.29. The van der Waals surface area contributed by atoms with Crippen molar-refractivity contribution in [1.82, 2.24) is 4.98 Å². The van der Waals surface area contributed by atoms with Gasteiger partial charge < -0.3 is 10.2 Å². The van der Waals surface area contributed by atoms with Crippen molar-refractivity contribution in [2.75, 3.05) is 5.32 Å². The summed E-state index contributed by atoms with van der Waals surface area (Å²) in [6, 6.07) is 12.5. The Kier molecular flexibility index (Phi) is 4.20. The van der Waals surface area contributed by atoms with Gasteiger partial charge in [0.1, 0.15) is 17.2 Å². The molecule has 24 heavy (non-hydrogen) atoms. The maximum Gasteiger partial charge on any atom is 0.433 e. The van der Waals surface area contributed by atoms with Crippen molar-refractivity contribution in [3.8, 4) is 0 Å². The number of pyridine rings is 1. The van der Waals surface area contributed by atoms with Crippen LogP contribution in [0.4, 0.5) is 19.0 Å². The second-order valence-corrected chi connectivity index (χ2v) is 5.11. The summed E-state index contributed by atoms with van der Waals surface area (Å²) in [4.78, 5) is 20.7. The number of rotatable bonds is 3. The summed E-state index contributed by atoms with van der Waals surface area (Å²) >= 11 is 0. The zero-order valence-corrected chi connectivity index (χ0v) is 12.2. The molecule has 1 N–H and O–H groups in total. The zero-order chi connectivity index (χ0) is 17.2. The summed E-state index contributed by atoms with van der Waals surface area (Å²) < 4.78 is 37.9. The van der Waals surface area contributed by atoms with Gasteiger partial charge in [0.15, 0.2) is 6.10 Å². The average Bonchev–Trinajstić information content (AvgIpc) is 3.05. The normalized spacial score (nSPS) is 17.1. The Hall–Kier alpha value is -2.90. The molecule has 0 fully saturated rings. The fourth-order valence-electron chi connectivity index (χ4n) is 2.21. The largest absolute Gasteiger partial charge is 0.433 e. The molecule has 0 saturated carbocycles. The summed E-state index contributed by atoms with van der Waals surface area (Å²) in [6.45, 7) is 0. The molecule has 0 radical (unpaired) electrons. The van der Waals surface area contributed by atoms with E-state index in [9.17, 15) is 18.0 Å². The molecule has 3 rings (SSSR count). The van der Waals surface area contributed by atoms with Crippen LogP contribution in [-0.4, -0.2) is 16.6 Å². The third-order valence-electron chi connectivity index (χ3n) is 3.38. The van der Waals surface area contributed by atoms with Gasteiger partial charge >= 0.3 is 6.18 Å². The molecule has 5 nitrogen and oxygen atoms in total. The second kappa shape index (κ2) is 6.31. The number of anilines is 1. The fraction of sp³-hybridized carbons (Fsp3) is 0.188. The summed E-state index contributed by atoms with van der Waals surface area (Å²) in [7, 11) is 0. The smallest absolute Gasteiger partial charge is 0.387 e. The van der Waals surface area contributed by atoms with Gasteiger partial charge in [0.25, 0.3) is 5.91 Å². The van der Waals surface area contributed by atoms with Gasteiger partial charge in [0.2, 0.25) is 0 Å². The molecular weight excluding hydrogens is 323 g/mol. The summed E-state index contributed by atoms with van der Waals surface area (Å²) in [6.07, 6.45) is -4.73. The van der Waals surface area contributed by atoms with E-state index in [4.69, 9.17) is 4.84 Å². The molecule has 0 saturated heterocycles. The maximum atomic E-state index is 12.6. The minimum Gasteiger partial charge on any atom is -0.387 e. The molecule has 0 aliphatic carbocycles. The lowest BCUT2D eigenvalue weighted by atomic mass is 10.0. The highest BCUT2D eigenvalue weighted by molar-refractivity contribution is 6.43. The van der Waals surface area contributed by atoms with Gasteiger partial charge in [-0.2, -0.15) is 13.2 Å². The van der Waals surface area contributed by atoms with E-state index in [1.54, 1.807) is 0 Å². The van der Waals surface area contributed by atoms with Crippen molar-refractivity contribution in [1.29, 1.82) is 0 Å². The summed E-state index contributed by atoms with van der Waals surface area (Å²) in [5.41, 5.74) is -0.114. The third kappa shape index (κ3) is 3.53. The quantitative estimate of drug-likeness (QED) is 0.933. The van der Waals surface area contributed by atoms with Crippen molar-refractivity contribution in [2.45, 2.75) is 18.7 Å². The number of hydrogen-bond acceptors (Lipinski definition) is 4. The van der Waals surface area contributed by atoms with Crippen LogP contribution in [0.1, 0.15) is 23.8 Å². The summed E-state index contributed by atoms with van der Waals surface area (Å²) in [5, 5.41) is 6.02. The number of nitrogens with zero attached hydrogens (tertiary/aromatic N) is 2. The Morgan fingerprint density at radius 3 is 2.58 bits per heavy atom. The van der Waals surface area contributed by atoms with E-state index < -0.39 is 17.8 Å². The molecule has 2 aromatic rings. The second-order valence-electron chi connectivity index (χ2n) is 5.11. The Bertz CT molecular complexity index is 776. The van der Waals surface area contributed by atoms with Gasteiger partial charge in [-0.3, -0.25) is 4.79 Å². The van der Waals surface area contributed by atoms with Crippen molar-refractivity contribution in [3.05, 3.63) is 59.8 Å². The molecule has 0 spiro atoms. The minimum absolute atomic E-state index is 0.100. The molecule has 8 heteroatoms. The standard InChI is InChI=1S/C16H12F3N3O2/c17-16(18,19)13-7-4-8-14(20-13)21-15(23)11-9-12(24-22-11)10-5-2-1-3-6-10/h1-8,12H,9H2,(H,20,21,23)/t12-/m1/s1. The first kappa shape index (κ1) is 16.0. The zero-order valence-electron chi connectivity index (χ0n) is 12.2. The molecule has 0 unspecified atom stereocenters. The van der Waals surface area contributed by atoms with Crippen molar-refractivity contribution >= 4 is 17.4 Å². The van der Waals surface area contributed by atoms with E-state index in [0.29, 0.717) is 0 Å². The number of amides is 1. The molecule has 1 amide bonds. The maximum absolute atomic E-state index is 12.6. The number of nitrogens with one attached hydrogen (secondary N) is 1. The number of alkyl halides is 3. The first-order chi connectivity index (χ1) is 11.4. The molecule has 124 valence electrons. The van der Waals surface area contributed by atoms with Crippen molar-refractivity contribution < 1.29 is 22.8 Å². The van der Waals surface area contributed by atoms with E-state index in [1.165, 1.54) is 12.1 Å². The van der Waals surface area contributed by atoms with Crippen LogP contribution >= 0.6 is 0 Å². The lowest BCUT2D eigenvalue weighted by molar-refractivity contribution is -0.141. The lowest BCUT2D eigenvalue weighted by Gasteiger charge is -2.09. The minimum atomic E-state index is -4.58. The lowest BCUT2D eigenvalue weighted by Crippen LogP contribution is -2.23. The van der Waals surface area contributed by atoms with Crippen LogP contribution in [0.3, 0.4) is 0 Å². The highest BCUT2D eigenvalue weighted by Gasteiger charge is 2.33. The van der Waals surface area contributed by atoms with Crippen LogP contribution < -0.4 is 5.32 Å². The van der Waals surface area contributed by atoms with Gasteiger partial charge in [-0.25, -0.2) is 4.98 Å². The first-order valence-electron chi connectivity index (χ1n) is 7.07. The number of oxime groups is 1. The predicted molar refractivity (Wildman–Crippen MR) is 80.2 cm³/mol. The van der Waals surface area contributed by atoms with Crippen LogP contribution in [0, 0.1) is 0 Å². The SMILES string of the molecule is O=C(Nc1cccc(C(F)(F)F)n1)C1=NO[C@@H](c2ccccc2)C1. The monoisotopic (exact) mass is 335 g/mol. The number of benzene rings is 1. The average molecular weight is 335 g/mol. The Morgan fingerprint density at radius 2 is 1.88 bits per heavy atom. The van der Waals surface area contributed by atoms with Crippen LogP contribution in [0.5, 0.6) is 0 Å².